The van der Waals surface area contributed by atoms with Crippen LogP contribution in [0.15, 0.2) is 18.2 Å². The number of hydrogen-bond acceptors (Lipinski definition) is 3. The topological polar surface area (TPSA) is 52.3 Å². The van der Waals surface area contributed by atoms with Crippen LogP contribution in [0.4, 0.5) is 5.69 Å². The number of anilines is 1. The first-order valence-corrected chi connectivity index (χ1v) is 5.79. The Kier molecular flexibility index (Phi) is 3.13. The van der Waals surface area contributed by atoms with Gasteiger partial charge in [-0.2, -0.15) is 0 Å². The van der Waals surface area contributed by atoms with Crippen molar-refractivity contribution in [1.82, 2.24) is 0 Å². The summed E-state index contributed by atoms with van der Waals surface area (Å²) < 4.78 is 5.09. The number of nitrogens with two attached hydrogens (primary N) is 1. The van der Waals surface area contributed by atoms with E-state index >= 15 is 0 Å². The number of esters is 1. The Hall–Kier alpha value is -1.51. The first-order chi connectivity index (χ1) is 7.72. The van der Waals surface area contributed by atoms with E-state index in [1.807, 2.05) is 19.1 Å². The number of hydrogen-bond donors (Lipinski definition) is 1. The van der Waals surface area contributed by atoms with E-state index in [0.29, 0.717) is 23.8 Å². The molecule has 3 nitrogen and oxygen atoms in total. The molecule has 0 bridgehead atoms. The lowest BCUT2D eigenvalue weighted by atomic mass is 10.1. The molecule has 1 saturated carbocycles. The molecule has 0 heterocycles. The predicted molar refractivity (Wildman–Crippen MR) is 63.4 cm³/mol. The van der Waals surface area contributed by atoms with Crippen molar-refractivity contribution in [3.8, 4) is 0 Å². The van der Waals surface area contributed by atoms with Crippen LogP contribution in [0.5, 0.6) is 0 Å². The van der Waals surface area contributed by atoms with Crippen LogP contribution >= 0.6 is 0 Å². The molecule has 0 aliphatic heterocycles. The minimum Gasteiger partial charge on any atom is -0.462 e. The van der Waals surface area contributed by atoms with Crippen LogP contribution in [0.3, 0.4) is 0 Å². The highest BCUT2D eigenvalue weighted by Crippen LogP contribution is 2.40. The summed E-state index contributed by atoms with van der Waals surface area (Å²) in [6, 6.07) is 5.69. The fourth-order valence-corrected chi connectivity index (χ4v) is 1.69. The summed E-state index contributed by atoms with van der Waals surface area (Å²) in [5.74, 6) is 0.320. The summed E-state index contributed by atoms with van der Waals surface area (Å²) in [6.07, 6.45) is 3.26. The van der Waals surface area contributed by atoms with Crippen molar-refractivity contribution in [2.45, 2.75) is 32.1 Å². The highest BCUT2D eigenvalue weighted by atomic mass is 16.5. The van der Waals surface area contributed by atoms with Crippen LogP contribution in [-0.4, -0.2) is 12.6 Å². The number of benzene rings is 1. The maximum absolute atomic E-state index is 11.7. The molecule has 16 heavy (non-hydrogen) atoms. The van der Waals surface area contributed by atoms with E-state index in [0.717, 1.165) is 6.42 Å². The number of carbonyl (C=O) groups is 1. The molecule has 1 fully saturated rings. The van der Waals surface area contributed by atoms with E-state index in [-0.39, 0.29) is 5.97 Å². The molecule has 0 amide bonds. The number of carbonyl (C=O) groups excluding carboxylic acids is 1. The summed E-state index contributed by atoms with van der Waals surface area (Å²) in [6.45, 7) is 2.42. The number of nitrogen functional groups attached to an aromatic ring is 1. The van der Waals surface area contributed by atoms with E-state index < -0.39 is 0 Å². The van der Waals surface area contributed by atoms with Crippen molar-refractivity contribution in [2.24, 2.45) is 0 Å². The lowest BCUT2D eigenvalue weighted by Gasteiger charge is -2.08. The highest BCUT2D eigenvalue weighted by molar-refractivity contribution is 5.95. The molecule has 1 aliphatic carbocycles. The van der Waals surface area contributed by atoms with E-state index in [1.54, 1.807) is 6.07 Å². The summed E-state index contributed by atoms with van der Waals surface area (Å²) in [5.41, 5.74) is 8.00. The van der Waals surface area contributed by atoms with Crippen molar-refractivity contribution in [3.63, 3.8) is 0 Å². The maximum Gasteiger partial charge on any atom is 0.340 e. The van der Waals surface area contributed by atoms with Gasteiger partial charge in [0, 0.05) is 5.69 Å². The zero-order valence-corrected chi connectivity index (χ0v) is 9.53. The van der Waals surface area contributed by atoms with Gasteiger partial charge in [0.2, 0.25) is 0 Å². The normalized spacial score (nSPS) is 14.8. The third-order valence-electron chi connectivity index (χ3n) is 2.78. The van der Waals surface area contributed by atoms with Crippen molar-refractivity contribution in [2.75, 3.05) is 12.3 Å². The quantitative estimate of drug-likeness (QED) is 0.625. The van der Waals surface area contributed by atoms with E-state index in [2.05, 4.69) is 0 Å². The van der Waals surface area contributed by atoms with E-state index in [4.69, 9.17) is 10.5 Å². The Morgan fingerprint density at radius 3 is 2.88 bits per heavy atom. The van der Waals surface area contributed by atoms with Crippen molar-refractivity contribution in [3.05, 3.63) is 29.3 Å². The van der Waals surface area contributed by atoms with Crippen LogP contribution in [-0.2, 0) is 4.74 Å². The molecular weight excluding hydrogens is 202 g/mol. The Morgan fingerprint density at radius 1 is 1.50 bits per heavy atom. The summed E-state index contributed by atoms with van der Waals surface area (Å²) in [4.78, 5) is 11.7. The molecule has 0 radical (unpaired) electrons. The second-order valence-electron chi connectivity index (χ2n) is 4.26. The molecule has 86 valence electrons. The molecule has 1 aliphatic rings. The van der Waals surface area contributed by atoms with Crippen LogP contribution in [0.2, 0.25) is 0 Å². The minimum absolute atomic E-state index is 0.304. The first kappa shape index (κ1) is 11.0. The zero-order chi connectivity index (χ0) is 11.5. The largest absolute Gasteiger partial charge is 0.462 e. The predicted octanol–water partition coefficient (Wildman–Crippen LogP) is 2.71. The molecule has 0 atom stereocenters. The van der Waals surface area contributed by atoms with Gasteiger partial charge in [0.05, 0.1) is 12.2 Å². The average Bonchev–Trinajstić information content (AvgIpc) is 3.10. The molecular formula is C13H17NO2. The Morgan fingerprint density at radius 2 is 2.25 bits per heavy atom. The van der Waals surface area contributed by atoms with E-state index in [1.165, 1.54) is 18.4 Å². The molecule has 1 aromatic rings. The van der Waals surface area contributed by atoms with Gasteiger partial charge in [-0.05, 0) is 42.9 Å². The molecule has 1 aromatic carbocycles. The van der Waals surface area contributed by atoms with Gasteiger partial charge in [-0.15, -0.1) is 0 Å². The molecule has 0 unspecified atom stereocenters. The molecule has 3 heteroatoms. The van der Waals surface area contributed by atoms with Crippen LogP contribution in [0.1, 0.15) is 48.0 Å². The van der Waals surface area contributed by atoms with Gasteiger partial charge >= 0.3 is 5.97 Å². The van der Waals surface area contributed by atoms with Gasteiger partial charge in [-0.1, -0.05) is 13.0 Å². The summed E-state index contributed by atoms with van der Waals surface area (Å²) in [5, 5.41) is 0. The molecule has 0 spiro atoms. The first-order valence-electron chi connectivity index (χ1n) is 5.79. The van der Waals surface area contributed by atoms with Gasteiger partial charge in [0.15, 0.2) is 0 Å². The fourth-order valence-electron chi connectivity index (χ4n) is 1.69. The van der Waals surface area contributed by atoms with Crippen LogP contribution < -0.4 is 5.73 Å². The maximum atomic E-state index is 11.7. The SMILES string of the molecule is CCCOC(=O)c1cc(C2CC2)ccc1N. The average molecular weight is 219 g/mol. The van der Waals surface area contributed by atoms with Crippen LogP contribution in [0, 0.1) is 0 Å². The summed E-state index contributed by atoms with van der Waals surface area (Å²) in [7, 11) is 0. The minimum atomic E-state index is -0.304. The fraction of sp³-hybridized carbons (Fsp3) is 0.462. The summed E-state index contributed by atoms with van der Waals surface area (Å²) >= 11 is 0. The third kappa shape index (κ3) is 2.35. The van der Waals surface area contributed by atoms with Crippen LogP contribution in [0.25, 0.3) is 0 Å². The monoisotopic (exact) mass is 219 g/mol. The van der Waals surface area contributed by atoms with Gasteiger partial charge in [-0.25, -0.2) is 4.79 Å². The number of ether oxygens (including phenoxy) is 1. The highest BCUT2D eigenvalue weighted by Gasteiger charge is 2.25. The number of rotatable bonds is 4. The molecule has 0 saturated heterocycles. The van der Waals surface area contributed by atoms with Crippen molar-refractivity contribution >= 4 is 11.7 Å². The zero-order valence-electron chi connectivity index (χ0n) is 9.53. The standard InChI is InChI=1S/C13H17NO2/c1-2-7-16-13(15)11-8-10(9-3-4-9)5-6-12(11)14/h5-6,8-9H,2-4,7,14H2,1H3. The Bertz CT molecular complexity index is 397. The Balaban J connectivity index is 2.17. The second kappa shape index (κ2) is 4.56. The molecule has 0 aromatic heterocycles. The molecule has 2 rings (SSSR count). The van der Waals surface area contributed by atoms with Gasteiger partial charge in [-0.3, -0.25) is 0 Å². The van der Waals surface area contributed by atoms with Crippen molar-refractivity contribution < 1.29 is 9.53 Å². The van der Waals surface area contributed by atoms with Crippen molar-refractivity contribution in [1.29, 1.82) is 0 Å². The smallest absolute Gasteiger partial charge is 0.340 e. The van der Waals surface area contributed by atoms with E-state index in [9.17, 15) is 4.79 Å². The van der Waals surface area contributed by atoms with Gasteiger partial charge in [0.1, 0.15) is 0 Å². The Labute approximate surface area is 95.6 Å². The van der Waals surface area contributed by atoms with Gasteiger partial charge in [0.25, 0.3) is 0 Å². The lowest BCUT2D eigenvalue weighted by molar-refractivity contribution is 0.0506. The third-order valence-corrected chi connectivity index (χ3v) is 2.78. The second-order valence-corrected chi connectivity index (χ2v) is 4.26. The van der Waals surface area contributed by atoms with Gasteiger partial charge < -0.3 is 10.5 Å². The lowest BCUT2D eigenvalue weighted by Crippen LogP contribution is -2.09. The molecule has 2 N–H and O–H groups in total.